The molecule has 0 radical (unpaired) electrons. The van der Waals surface area contributed by atoms with Crippen LogP contribution in [0.2, 0.25) is 5.02 Å². The zero-order valence-corrected chi connectivity index (χ0v) is 11.1. The number of nitrogens with zero attached hydrogens (tertiary/aromatic N) is 1. The third-order valence-corrected chi connectivity index (χ3v) is 4.71. The zero-order valence-electron chi connectivity index (χ0n) is 9.48. The lowest BCUT2D eigenvalue weighted by atomic mass is 10.3. The van der Waals surface area contributed by atoms with Gasteiger partial charge in [-0.25, -0.2) is 12.7 Å². The molecule has 0 aliphatic carbocycles. The van der Waals surface area contributed by atoms with Crippen molar-refractivity contribution >= 4 is 21.6 Å². The van der Waals surface area contributed by atoms with Gasteiger partial charge in [-0.05, 0) is 18.6 Å². The van der Waals surface area contributed by atoms with E-state index in [1.54, 1.807) is 25.2 Å². The molecule has 90 valence electrons. The van der Waals surface area contributed by atoms with E-state index < -0.39 is 10.0 Å². The molecule has 1 aromatic carbocycles. The van der Waals surface area contributed by atoms with Gasteiger partial charge in [0.05, 0.1) is 5.02 Å². The summed E-state index contributed by atoms with van der Waals surface area (Å²) < 4.78 is 25.5. The van der Waals surface area contributed by atoms with Crippen LogP contribution in [0.15, 0.2) is 29.2 Å². The Morgan fingerprint density at radius 3 is 2.50 bits per heavy atom. The number of benzene rings is 1. The molecule has 0 N–H and O–H groups in total. The van der Waals surface area contributed by atoms with Crippen LogP contribution >= 0.6 is 11.6 Å². The molecule has 0 aliphatic rings. The lowest BCUT2D eigenvalue weighted by Crippen LogP contribution is -2.28. The Labute approximate surface area is 102 Å². The molecule has 16 heavy (non-hydrogen) atoms. The molecule has 0 saturated heterocycles. The molecule has 0 spiro atoms. The fraction of sp³-hybridized carbons (Fsp3) is 0.455. The summed E-state index contributed by atoms with van der Waals surface area (Å²) in [6.07, 6.45) is 1.81. The molecule has 0 unspecified atom stereocenters. The first-order valence-electron chi connectivity index (χ1n) is 5.21. The lowest BCUT2D eigenvalue weighted by Gasteiger charge is -2.17. The van der Waals surface area contributed by atoms with Crippen LogP contribution in [0.3, 0.4) is 0 Å². The van der Waals surface area contributed by atoms with Gasteiger partial charge in [0.2, 0.25) is 10.0 Å². The van der Waals surface area contributed by atoms with E-state index in [0.717, 1.165) is 12.8 Å². The van der Waals surface area contributed by atoms with Crippen LogP contribution in [0.25, 0.3) is 0 Å². The molecule has 5 heteroatoms. The Hall–Kier alpha value is -0.580. The van der Waals surface area contributed by atoms with Gasteiger partial charge in [0.25, 0.3) is 0 Å². The second-order valence-corrected chi connectivity index (χ2v) is 6.03. The SMILES string of the molecule is CCCCN(C)S(=O)(=O)c1ccccc1Cl. The lowest BCUT2D eigenvalue weighted by molar-refractivity contribution is 0.459. The smallest absolute Gasteiger partial charge is 0.207 e. The summed E-state index contributed by atoms with van der Waals surface area (Å²) in [7, 11) is -1.86. The van der Waals surface area contributed by atoms with Gasteiger partial charge in [-0.15, -0.1) is 0 Å². The zero-order chi connectivity index (χ0) is 12.2. The highest BCUT2D eigenvalue weighted by molar-refractivity contribution is 7.89. The van der Waals surface area contributed by atoms with E-state index >= 15 is 0 Å². The highest BCUT2D eigenvalue weighted by Gasteiger charge is 2.22. The maximum Gasteiger partial charge on any atom is 0.244 e. The van der Waals surface area contributed by atoms with Crippen LogP contribution in [0.4, 0.5) is 0 Å². The Kier molecular flexibility index (Phi) is 4.77. The standard InChI is InChI=1S/C11H16ClNO2S/c1-3-4-9-13(2)16(14,15)11-8-6-5-7-10(11)12/h5-8H,3-4,9H2,1-2H3. The second kappa shape index (κ2) is 5.66. The van der Waals surface area contributed by atoms with E-state index in [9.17, 15) is 8.42 Å². The molecular weight excluding hydrogens is 246 g/mol. The number of hydrogen-bond donors (Lipinski definition) is 0. The van der Waals surface area contributed by atoms with Crippen molar-refractivity contribution in [3.05, 3.63) is 29.3 Å². The monoisotopic (exact) mass is 261 g/mol. The Morgan fingerprint density at radius 1 is 1.31 bits per heavy atom. The van der Waals surface area contributed by atoms with Gasteiger partial charge in [-0.3, -0.25) is 0 Å². The normalized spacial score (nSPS) is 12.0. The van der Waals surface area contributed by atoms with E-state index in [2.05, 4.69) is 0 Å². The second-order valence-electron chi connectivity index (χ2n) is 3.61. The summed E-state index contributed by atoms with van der Waals surface area (Å²) in [5.74, 6) is 0. The molecule has 0 heterocycles. The molecule has 0 aromatic heterocycles. The van der Waals surface area contributed by atoms with E-state index in [0.29, 0.717) is 6.54 Å². The maximum absolute atomic E-state index is 12.1. The van der Waals surface area contributed by atoms with Crippen molar-refractivity contribution < 1.29 is 8.42 Å². The summed E-state index contributed by atoms with van der Waals surface area (Å²) in [6.45, 7) is 2.54. The molecule has 0 amide bonds. The van der Waals surface area contributed by atoms with Crippen LogP contribution in [0.5, 0.6) is 0 Å². The minimum atomic E-state index is -3.44. The number of unbranched alkanes of at least 4 members (excludes halogenated alkanes) is 1. The Morgan fingerprint density at radius 2 is 1.94 bits per heavy atom. The summed E-state index contributed by atoms with van der Waals surface area (Å²) in [5.41, 5.74) is 0. The summed E-state index contributed by atoms with van der Waals surface area (Å²) in [6, 6.07) is 6.50. The van der Waals surface area contributed by atoms with Gasteiger partial charge in [-0.2, -0.15) is 0 Å². The Bertz CT molecular complexity index is 445. The third-order valence-electron chi connectivity index (χ3n) is 2.35. The molecule has 0 saturated carbocycles. The molecule has 0 fully saturated rings. The quantitative estimate of drug-likeness (QED) is 0.817. The summed E-state index contributed by atoms with van der Waals surface area (Å²) in [5, 5.41) is 0.269. The van der Waals surface area contributed by atoms with Crippen molar-refractivity contribution in [3.63, 3.8) is 0 Å². The van der Waals surface area contributed by atoms with Crippen LogP contribution < -0.4 is 0 Å². The van der Waals surface area contributed by atoms with Crippen LogP contribution in [0, 0.1) is 0 Å². The van der Waals surface area contributed by atoms with E-state index in [1.807, 2.05) is 6.92 Å². The van der Waals surface area contributed by atoms with Gasteiger partial charge >= 0.3 is 0 Å². The number of rotatable bonds is 5. The van der Waals surface area contributed by atoms with Gasteiger partial charge in [-0.1, -0.05) is 37.1 Å². The largest absolute Gasteiger partial charge is 0.244 e. The minimum Gasteiger partial charge on any atom is -0.207 e. The molecule has 3 nitrogen and oxygen atoms in total. The van der Waals surface area contributed by atoms with Crippen LogP contribution in [-0.2, 0) is 10.0 Å². The number of sulfonamides is 1. The van der Waals surface area contributed by atoms with Crippen molar-refractivity contribution in [1.82, 2.24) is 4.31 Å². The van der Waals surface area contributed by atoms with E-state index in [-0.39, 0.29) is 9.92 Å². The van der Waals surface area contributed by atoms with Gasteiger partial charge in [0, 0.05) is 13.6 Å². The molecule has 0 atom stereocenters. The Balaban J connectivity index is 2.98. The van der Waals surface area contributed by atoms with E-state index in [1.165, 1.54) is 10.4 Å². The average molecular weight is 262 g/mol. The van der Waals surface area contributed by atoms with Gasteiger partial charge < -0.3 is 0 Å². The molecule has 0 aliphatic heterocycles. The van der Waals surface area contributed by atoms with Crippen LogP contribution in [-0.4, -0.2) is 26.3 Å². The fourth-order valence-corrected chi connectivity index (χ4v) is 3.02. The maximum atomic E-state index is 12.1. The number of halogens is 1. The highest BCUT2D eigenvalue weighted by atomic mass is 35.5. The average Bonchev–Trinajstić information content (AvgIpc) is 2.26. The summed E-state index contributed by atoms with van der Waals surface area (Å²) >= 11 is 5.88. The van der Waals surface area contributed by atoms with Crippen molar-refractivity contribution in [2.24, 2.45) is 0 Å². The fourth-order valence-electron chi connectivity index (χ4n) is 1.32. The molecular formula is C11H16ClNO2S. The molecule has 1 rings (SSSR count). The van der Waals surface area contributed by atoms with Crippen molar-refractivity contribution in [3.8, 4) is 0 Å². The van der Waals surface area contributed by atoms with Crippen molar-refractivity contribution in [1.29, 1.82) is 0 Å². The number of hydrogen-bond acceptors (Lipinski definition) is 2. The highest BCUT2D eigenvalue weighted by Crippen LogP contribution is 2.23. The van der Waals surface area contributed by atoms with E-state index in [4.69, 9.17) is 11.6 Å². The predicted octanol–water partition coefficient (Wildman–Crippen LogP) is 2.76. The van der Waals surface area contributed by atoms with Gasteiger partial charge in [0.1, 0.15) is 4.90 Å². The minimum absolute atomic E-state index is 0.176. The van der Waals surface area contributed by atoms with Crippen molar-refractivity contribution in [2.45, 2.75) is 24.7 Å². The molecule has 1 aromatic rings. The van der Waals surface area contributed by atoms with Crippen molar-refractivity contribution in [2.75, 3.05) is 13.6 Å². The first kappa shape index (κ1) is 13.5. The van der Waals surface area contributed by atoms with Crippen LogP contribution in [0.1, 0.15) is 19.8 Å². The first-order chi connectivity index (χ1) is 7.50. The predicted molar refractivity (Wildman–Crippen MR) is 66.2 cm³/mol. The third kappa shape index (κ3) is 2.97. The topological polar surface area (TPSA) is 37.4 Å². The van der Waals surface area contributed by atoms with Gasteiger partial charge in [0.15, 0.2) is 0 Å². The summed E-state index contributed by atoms with van der Waals surface area (Å²) in [4.78, 5) is 0.176. The first-order valence-corrected chi connectivity index (χ1v) is 7.02. The molecule has 0 bridgehead atoms.